The quantitative estimate of drug-likeness (QED) is 0.0195. The molecule has 9 heteroatoms. The predicted octanol–water partition coefficient (Wildman–Crippen LogP) is 21.2. The number of unbranched alkanes of at least 4 members (excludes halogenated alkanes) is 16. The summed E-state index contributed by atoms with van der Waals surface area (Å²) in [6.45, 7) is 4.48. The Kier molecular flexibility index (Phi) is 65.5. The normalized spacial score (nSPS) is 13.9. The summed E-state index contributed by atoms with van der Waals surface area (Å²) in [5.74, 6) is -2.33. The number of likely N-dealkylation sites (N-methyl/N-ethyl adjacent to an activating group) is 1. The van der Waals surface area contributed by atoms with E-state index >= 15 is 0 Å². The molecule has 0 aliphatic heterocycles. The number of aliphatic carboxylic acids is 1. The molecule has 0 aromatic carbocycles. The van der Waals surface area contributed by atoms with E-state index in [0.29, 0.717) is 17.4 Å². The van der Waals surface area contributed by atoms with E-state index in [4.69, 9.17) is 18.9 Å². The van der Waals surface area contributed by atoms with E-state index in [1.165, 1.54) is 44.9 Å². The highest BCUT2D eigenvalue weighted by Crippen LogP contribution is 2.15. The number of hydrogen-bond donors (Lipinski definition) is 0. The number of carboxylic acids is 1. The predicted molar refractivity (Wildman–Crippen MR) is 388 cm³/mol. The average Bonchev–Trinajstić information content (AvgIpc) is 3.46. The molecule has 510 valence electrons. The van der Waals surface area contributed by atoms with Gasteiger partial charge in [0.2, 0.25) is 0 Å². The summed E-state index contributed by atoms with van der Waals surface area (Å²) in [6.07, 6.45) is 105. The fourth-order valence-electron chi connectivity index (χ4n) is 8.98. The fourth-order valence-corrected chi connectivity index (χ4v) is 8.98. The minimum absolute atomic E-state index is 0.133. The maximum absolute atomic E-state index is 12.9. The molecule has 0 N–H and O–H groups in total. The zero-order chi connectivity index (χ0) is 66.1. The Morgan fingerprint density at radius 2 is 0.593 bits per heavy atom. The van der Waals surface area contributed by atoms with E-state index in [1.807, 2.05) is 21.1 Å². The molecular weight excluding hydrogens is 1130 g/mol. The molecule has 2 unspecified atom stereocenters. The van der Waals surface area contributed by atoms with Crippen LogP contribution in [0.3, 0.4) is 0 Å². The number of carbonyl (C=O) groups is 3. The van der Waals surface area contributed by atoms with E-state index in [1.54, 1.807) is 0 Å². The molecule has 0 amide bonds. The Hall–Kier alpha value is -5.87. The number of hydrogen-bond acceptors (Lipinski definition) is 8. The standard InChI is InChI=1S/C82H129NO8/c1-6-8-10-12-14-16-18-20-22-24-26-28-30-32-34-36-38-39-40-41-43-45-47-49-51-53-55-57-59-61-63-65-67-69-71-73-80(85)91-78(77-90-82(81(86)87)88-75-74-83(3,4)5)76-89-79(84)72-70-68-66-64-62-60-58-56-54-52-50-48-46-44-42-37-35-33-31-29-27-25-23-21-19-17-15-13-11-9-7-2/h8-11,14-17,20-23,26-29,32-35,38-39,41-44,47-50,53,55,78,82H,6-7,12-13,18-19,24-25,30-31,36-37,40,45-46,51-52,54,56-77H2,1-5H3/b10-8-,11-9-,16-14-,17-15-,22-20-,23-21-,28-26-,29-27-,34-32-,35-33-,39-38-,43-41-,44-42-,49-47-,50-48-,55-53-. The summed E-state index contributed by atoms with van der Waals surface area (Å²) in [7, 11) is 5.91. The van der Waals surface area contributed by atoms with Crippen LogP contribution in [0.15, 0.2) is 194 Å². The monoisotopic (exact) mass is 1260 g/mol. The van der Waals surface area contributed by atoms with Crippen LogP contribution in [0.2, 0.25) is 0 Å². The maximum atomic E-state index is 12.9. The summed E-state index contributed by atoms with van der Waals surface area (Å²) in [5, 5.41) is 11.8. The summed E-state index contributed by atoms with van der Waals surface area (Å²) >= 11 is 0. The Morgan fingerprint density at radius 1 is 0.330 bits per heavy atom. The molecule has 0 aromatic rings. The second-order valence-electron chi connectivity index (χ2n) is 24.1. The van der Waals surface area contributed by atoms with Crippen LogP contribution in [0.25, 0.3) is 0 Å². The summed E-state index contributed by atoms with van der Waals surface area (Å²) in [4.78, 5) is 37.5. The molecule has 0 saturated carbocycles. The van der Waals surface area contributed by atoms with Crippen molar-refractivity contribution in [3.8, 4) is 0 Å². The van der Waals surface area contributed by atoms with E-state index in [2.05, 4.69) is 208 Å². The van der Waals surface area contributed by atoms with Crippen molar-refractivity contribution in [1.82, 2.24) is 0 Å². The van der Waals surface area contributed by atoms with Crippen LogP contribution in [0.1, 0.15) is 245 Å². The number of quaternary nitrogens is 1. The van der Waals surface area contributed by atoms with Crippen molar-refractivity contribution in [2.45, 2.75) is 257 Å². The van der Waals surface area contributed by atoms with Gasteiger partial charge in [-0.2, -0.15) is 0 Å². The van der Waals surface area contributed by atoms with Gasteiger partial charge >= 0.3 is 11.9 Å². The molecule has 0 spiro atoms. The number of carboxylic acid groups (broad SMARTS) is 1. The highest BCUT2D eigenvalue weighted by atomic mass is 16.7. The number of esters is 2. The van der Waals surface area contributed by atoms with Crippen molar-refractivity contribution in [3.63, 3.8) is 0 Å². The molecule has 0 radical (unpaired) electrons. The largest absolute Gasteiger partial charge is 0.545 e. The highest BCUT2D eigenvalue weighted by molar-refractivity contribution is 5.70. The van der Waals surface area contributed by atoms with Crippen LogP contribution in [0.4, 0.5) is 0 Å². The average molecular weight is 1260 g/mol. The van der Waals surface area contributed by atoms with Crippen LogP contribution < -0.4 is 5.11 Å². The molecule has 0 bridgehead atoms. The lowest BCUT2D eigenvalue weighted by atomic mass is 10.1. The Morgan fingerprint density at radius 3 is 0.879 bits per heavy atom. The smallest absolute Gasteiger partial charge is 0.306 e. The molecule has 0 aliphatic rings. The number of ether oxygens (including phenoxy) is 4. The van der Waals surface area contributed by atoms with Crippen molar-refractivity contribution < 1.29 is 42.9 Å². The SMILES string of the molecule is CC/C=C\C/C=C\C/C=C\C/C=C\C/C=C\C/C=C\C/C=C\C/C=C\C/C=C\CCCCCCCCCC(=O)OC(COC(=O)CCCCCCCCCCC/C=C\C/C=C\C/C=C\C/C=C\C/C=C\C/C=C\C/C=C\CC)COC(OCC[N+](C)(C)C)C(=O)[O-]. The fraction of sp³-hybridized carbons (Fsp3) is 0.573. The topological polar surface area (TPSA) is 111 Å². The lowest BCUT2D eigenvalue weighted by molar-refractivity contribution is -0.870. The van der Waals surface area contributed by atoms with Gasteiger partial charge in [-0.15, -0.1) is 0 Å². The number of nitrogens with zero attached hydrogens (tertiary/aromatic N) is 1. The molecule has 0 aromatic heterocycles. The molecular formula is C82H129NO8. The number of carbonyl (C=O) groups excluding carboxylic acids is 3. The first kappa shape index (κ1) is 85.1. The zero-order valence-corrected chi connectivity index (χ0v) is 58.1. The van der Waals surface area contributed by atoms with Gasteiger partial charge in [-0.3, -0.25) is 9.59 Å². The van der Waals surface area contributed by atoms with E-state index in [-0.39, 0.29) is 38.6 Å². The van der Waals surface area contributed by atoms with Gasteiger partial charge in [0, 0.05) is 12.8 Å². The van der Waals surface area contributed by atoms with Crippen molar-refractivity contribution in [1.29, 1.82) is 0 Å². The molecule has 2 atom stereocenters. The third-order valence-electron chi connectivity index (χ3n) is 14.3. The first-order valence-electron chi connectivity index (χ1n) is 35.6. The maximum Gasteiger partial charge on any atom is 0.306 e. The van der Waals surface area contributed by atoms with Crippen LogP contribution in [0, 0.1) is 0 Å². The van der Waals surface area contributed by atoms with Crippen LogP contribution in [-0.2, 0) is 33.3 Å². The third-order valence-corrected chi connectivity index (χ3v) is 14.3. The van der Waals surface area contributed by atoms with Crippen molar-refractivity contribution >= 4 is 17.9 Å². The van der Waals surface area contributed by atoms with Gasteiger partial charge in [0.1, 0.15) is 13.2 Å². The molecule has 0 heterocycles. The third kappa shape index (κ3) is 71.4. The Bertz CT molecular complexity index is 2200. The summed E-state index contributed by atoms with van der Waals surface area (Å²) in [5.41, 5.74) is 0. The van der Waals surface area contributed by atoms with Gasteiger partial charge in [0.15, 0.2) is 12.4 Å². The number of allylic oxidation sites excluding steroid dienone is 32. The Balaban J connectivity index is 4.24. The van der Waals surface area contributed by atoms with Gasteiger partial charge in [0.05, 0.1) is 40.3 Å². The van der Waals surface area contributed by atoms with Crippen molar-refractivity contribution in [2.24, 2.45) is 0 Å². The van der Waals surface area contributed by atoms with Gasteiger partial charge in [-0.25, -0.2) is 0 Å². The zero-order valence-electron chi connectivity index (χ0n) is 58.1. The van der Waals surface area contributed by atoms with E-state index in [9.17, 15) is 19.5 Å². The van der Waals surface area contributed by atoms with Crippen molar-refractivity contribution in [3.05, 3.63) is 194 Å². The van der Waals surface area contributed by atoms with Gasteiger partial charge in [0.25, 0.3) is 0 Å². The van der Waals surface area contributed by atoms with Crippen LogP contribution in [-0.4, -0.2) is 82.3 Å². The minimum atomic E-state index is -1.64. The van der Waals surface area contributed by atoms with E-state index < -0.39 is 24.3 Å². The minimum Gasteiger partial charge on any atom is -0.545 e. The van der Waals surface area contributed by atoms with E-state index in [0.717, 1.165) is 167 Å². The molecule has 9 nitrogen and oxygen atoms in total. The lowest BCUT2D eigenvalue weighted by Gasteiger charge is -2.26. The second-order valence-corrected chi connectivity index (χ2v) is 24.1. The summed E-state index contributed by atoms with van der Waals surface area (Å²) in [6, 6.07) is 0. The molecule has 0 rings (SSSR count). The lowest BCUT2D eigenvalue weighted by Crippen LogP contribution is -2.44. The van der Waals surface area contributed by atoms with Crippen LogP contribution in [0.5, 0.6) is 0 Å². The van der Waals surface area contributed by atoms with Gasteiger partial charge in [-0.05, 0) is 141 Å². The van der Waals surface area contributed by atoms with Crippen molar-refractivity contribution in [2.75, 3.05) is 47.5 Å². The second kappa shape index (κ2) is 70.0. The Labute approximate surface area is 557 Å². The first-order valence-corrected chi connectivity index (χ1v) is 35.6. The summed E-state index contributed by atoms with van der Waals surface area (Å²) < 4.78 is 22.8. The molecule has 0 aliphatic carbocycles. The van der Waals surface area contributed by atoms with Gasteiger partial charge < -0.3 is 33.3 Å². The first-order chi connectivity index (χ1) is 44.6. The van der Waals surface area contributed by atoms with Crippen LogP contribution >= 0.6 is 0 Å². The molecule has 0 saturated heterocycles. The molecule has 0 fully saturated rings. The number of rotatable bonds is 63. The highest BCUT2D eigenvalue weighted by Gasteiger charge is 2.22. The van der Waals surface area contributed by atoms with Gasteiger partial charge in [-0.1, -0.05) is 285 Å². The molecule has 91 heavy (non-hydrogen) atoms.